The molecule has 2 heterocycles. The maximum Gasteiger partial charge on any atom is 0.295 e. The standard InChI is InChI=1S/C25H31N3O4/c1-16(2)15-32-19-8-9-20(17(3)13-19)23(29)21-22(18-7-6-10-26-14-18)28(12-11-27(4)5)25(31)24(21)30/h6-10,13-14,16,22,29H,11-12,15H2,1-5H3/p+1/t22-/m1/s1. The van der Waals surface area contributed by atoms with Crippen LogP contribution in [0.3, 0.4) is 0 Å². The Kier molecular flexibility index (Phi) is 7.30. The fourth-order valence-corrected chi connectivity index (χ4v) is 3.74. The topological polar surface area (TPSA) is 84.2 Å². The number of nitrogens with zero attached hydrogens (tertiary/aromatic N) is 2. The maximum absolute atomic E-state index is 13.1. The van der Waals surface area contributed by atoms with Crippen molar-refractivity contribution >= 4 is 17.4 Å². The van der Waals surface area contributed by atoms with Gasteiger partial charge in [0.05, 0.1) is 45.4 Å². The highest BCUT2D eigenvalue weighted by Crippen LogP contribution is 2.39. The van der Waals surface area contributed by atoms with Gasteiger partial charge >= 0.3 is 0 Å². The monoisotopic (exact) mass is 438 g/mol. The van der Waals surface area contributed by atoms with Gasteiger partial charge in [0.2, 0.25) is 0 Å². The summed E-state index contributed by atoms with van der Waals surface area (Å²) < 4.78 is 5.77. The number of aliphatic hydroxyl groups excluding tert-OH is 1. The number of likely N-dealkylation sites (N-methyl/N-ethyl adjacent to an activating group) is 1. The molecule has 0 radical (unpaired) electrons. The molecule has 0 aliphatic carbocycles. The minimum atomic E-state index is -0.681. The number of amides is 1. The first-order chi connectivity index (χ1) is 15.2. The molecule has 32 heavy (non-hydrogen) atoms. The summed E-state index contributed by atoms with van der Waals surface area (Å²) in [6, 6.07) is 8.25. The Bertz CT molecular complexity index is 1020. The van der Waals surface area contributed by atoms with E-state index in [1.165, 1.54) is 4.90 Å². The van der Waals surface area contributed by atoms with Crippen molar-refractivity contribution in [3.05, 3.63) is 65.0 Å². The van der Waals surface area contributed by atoms with Gasteiger partial charge in [-0.3, -0.25) is 14.6 Å². The third kappa shape index (κ3) is 4.99. The number of rotatable bonds is 8. The fraction of sp³-hybridized carbons (Fsp3) is 0.400. The molecule has 1 atom stereocenters. The summed E-state index contributed by atoms with van der Waals surface area (Å²) in [5, 5.41) is 11.2. The molecule has 1 saturated heterocycles. The average molecular weight is 439 g/mol. The Balaban J connectivity index is 2.06. The second kappa shape index (κ2) is 9.96. The van der Waals surface area contributed by atoms with Crippen molar-refractivity contribution in [2.75, 3.05) is 33.8 Å². The maximum atomic E-state index is 13.1. The smallest absolute Gasteiger partial charge is 0.295 e. The SMILES string of the molecule is Cc1cc(OCC(C)C)ccc1C(O)=C1C(=O)C(=O)N(CC[NH+](C)C)[C@@H]1c1cccnc1. The third-order valence-corrected chi connectivity index (χ3v) is 5.43. The Morgan fingerprint density at radius 3 is 2.59 bits per heavy atom. The number of aliphatic hydroxyl groups is 1. The molecule has 2 N–H and O–H groups in total. The molecular weight excluding hydrogens is 406 g/mol. The molecular formula is C25H32N3O4+. The lowest BCUT2D eigenvalue weighted by atomic mass is 9.94. The van der Waals surface area contributed by atoms with Gasteiger partial charge in [-0.1, -0.05) is 19.9 Å². The van der Waals surface area contributed by atoms with Crippen molar-refractivity contribution in [1.82, 2.24) is 9.88 Å². The summed E-state index contributed by atoms with van der Waals surface area (Å²) in [5.41, 5.74) is 2.05. The number of carbonyl (C=O) groups excluding carboxylic acids is 2. The van der Waals surface area contributed by atoms with Crippen molar-refractivity contribution in [3.63, 3.8) is 0 Å². The lowest BCUT2D eigenvalue weighted by Gasteiger charge is -2.25. The van der Waals surface area contributed by atoms with E-state index in [1.54, 1.807) is 30.6 Å². The van der Waals surface area contributed by atoms with Crippen molar-refractivity contribution in [1.29, 1.82) is 0 Å². The van der Waals surface area contributed by atoms with Crippen LogP contribution in [0.4, 0.5) is 0 Å². The number of hydrogen-bond donors (Lipinski definition) is 2. The number of likely N-dealkylation sites (tertiary alicyclic amines) is 1. The third-order valence-electron chi connectivity index (χ3n) is 5.43. The molecule has 1 amide bonds. The molecule has 7 nitrogen and oxygen atoms in total. The van der Waals surface area contributed by atoms with Gasteiger partial charge in [-0.15, -0.1) is 0 Å². The number of Topliss-reactive ketones (excluding diaryl/α,β-unsaturated/α-hetero) is 1. The number of benzene rings is 1. The highest BCUT2D eigenvalue weighted by atomic mass is 16.5. The molecule has 2 aromatic rings. The zero-order chi connectivity index (χ0) is 23.4. The summed E-state index contributed by atoms with van der Waals surface area (Å²) in [6.07, 6.45) is 3.27. The van der Waals surface area contributed by atoms with Crippen molar-refractivity contribution in [3.8, 4) is 5.75 Å². The molecule has 0 saturated carbocycles. The van der Waals surface area contributed by atoms with E-state index in [1.807, 2.05) is 33.2 Å². The van der Waals surface area contributed by atoms with E-state index < -0.39 is 17.7 Å². The first kappa shape index (κ1) is 23.5. The molecule has 1 aromatic carbocycles. The van der Waals surface area contributed by atoms with Crippen LogP contribution in [0.25, 0.3) is 5.76 Å². The number of carbonyl (C=O) groups is 2. The Morgan fingerprint density at radius 1 is 1.25 bits per heavy atom. The lowest BCUT2D eigenvalue weighted by molar-refractivity contribution is -0.857. The van der Waals surface area contributed by atoms with Gasteiger partial charge in [0.1, 0.15) is 11.5 Å². The number of aromatic nitrogens is 1. The summed E-state index contributed by atoms with van der Waals surface area (Å²) >= 11 is 0. The van der Waals surface area contributed by atoms with Crippen LogP contribution in [0.2, 0.25) is 0 Å². The van der Waals surface area contributed by atoms with Crippen molar-refractivity contribution < 1.29 is 24.3 Å². The highest BCUT2D eigenvalue weighted by Gasteiger charge is 2.46. The number of quaternary nitrogens is 1. The number of hydrogen-bond acceptors (Lipinski definition) is 5. The summed E-state index contributed by atoms with van der Waals surface area (Å²) in [5.74, 6) is -0.362. The lowest BCUT2D eigenvalue weighted by Crippen LogP contribution is -3.06. The van der Waals surface area contributed by atoms with Crippen LogP contribution in [0, 0.1) is 12.8 Å². The number of nitrogens with one attached hydrogen (secondary N) is 1. The normalized spacial score (nSPS) is 18.1. The van der Waals surface area contributed by atoms with Crippen molar-refractivity contribution in [2.24, 2.45) is 5.92 Å². The number of pyridine rings is 1. The first-order valence-electron chi connectivity index (χ1n) is 10.9. The van der Waals surface area contributed by atoms with E-state index in [9.17, 15) is 14.7 Å². The van der Waals surface area contributed by atoms with Gasteiger partial charge in [-0.25, -0.2) is 0 Å². The zero-order valence-electron chi connectivity index (χ0n) is 19.4. The van der Waals surface area contributed by atoms with Gasteiger partial charge in [-0.05, 0) is 48.2 Å². The van der Waals surface area contributed by atoms with Crippen LogP contribution in [0.5, 0.6) is 5.75 Å². The fourth-order valence-electron chi connectivity index (χ4n) is 3.74. The molecule has 1 fully saturated rings. The van der Waals surface area contributed by atoms with Crippen LogP contribution in [0.1, 0.15) is 36.6 Å². The van der Waals surface area contributed by atoms with Gasteiger partial charge in [-0.2, -0.15) is 0 Å². The second-order valence-corrected chi connectivity index (χ2v) is 8.92. The van der Waals surface area contributed by atoms with Crippen LogP contribution < -0.4 is 9.64 Å². The van der Waals surface area contributed by atoms with Gasteiger partial charge in [0.25, 0.3) is 11.7 Å². The quantitative estimate of drug-likeness (QED) is 0.374. The highest BCUT2D eigenvalue weighted by molar-refractivity contribution is 6.46. The van der Waals surface area contributed by atoms with E-state index in [4.69, 9.17) is 4.74 Å². The number of aryl methyl sites for hydroxylation is 1. The zero-order valence-corrected chi connectivity index (χ0v) is 19.4. The molecule has 7 heteroatoms. The minimum absolute atomic E-state index is 0.0932. The summed E-state index contributed by atoms with van der Waals surface area (Å²) in [4.78, 5) is 32.8. The molecule has 0 bridgehead atoms. The van der Waals surface area contributed by atoms with E-state index in [0.29, 0.717) is 42.5 Å². The average Bonchev–Trinajstić information content (AvgIpc) is 3.01. The number of ketones is 1. The molecule has 170 valence electrons. The molecule has 1 aliphatic rings. The Hall–Kier alpha value is -3.19. The van der Waals surface area contributed by atoms with E-state index in [0.717, 1.165) is 10.5 Å². The predicted octanol–water partition coefficient (Wildman–Crippen LogP) is 1.99. The van der Waals surface area contributed by atoms with Crippen LogP contribution in [0.15, 0.2) is 48.3 Å². The van der Waals surface area contributed by atoms with E-state index in [-0.39, 0.29) is 11.3 Å². The van der Waals surface area contributed by atoms with Crippen molar-refractivity contribution in [2.45, 2.75) is 26.8 Å². The molecule has 1 aromatic heterocycles. The molecule has 0 unspecified atom stereocenters. The van der Waals surface area contributed by atoms with E-state index in [2.05, 4.69) is 18.8 Å². The summed E-state index contributed by atoms with van der Waals surface area (Å²) in [7, 11) is 3.98. The molecule has 0 spiro atoms. The predicted molar refractivity (Wildman–Crippen MR) is 122 cm³/mol. The molecule has 1 aliphatic heterocycles. The number of ether oxygens (including phenoxy) is 1. The Morgan fingerprint density at radius 2 is 2.00 bits per heavy atom. The second-order valence-electron chi connectivity index (χ2n) is 8.92. The van der Waals surface area contributed by atoms with Gasteiger partial charge in [0.15, 0.2) is 0 Å². The van der Waals surface area contributed by atoms with Gasteiger partial charge < -0.3 is 19.6 Å². The van der Waals surface area contributed by atoms with Crippen LogP contribution in [-0.4, -0.2) is 60.5 Å². The summed E-state index contributed by atoms with van der Waals surface area (Å²) in [6.45, 7) is 7.65. The van der Waals surface area contributed by atoms with Crippen LogP contribution >= 0.6 is 0 Å². The Labute approximate surface area is 189 Å². The van der Waals surface area contributed by atoms with Gasteiger partial charge in [0, 0.05) is 18.0 Å². The van der Waals surface area contributed by atoms with Crippen LogP contribution in [-0.2, 0) is 9.59 Å². The molecule has 3 rings (SSSR count). The minimum Gasteiger partial charge on any atom is -0.507 e. The van der Waals surface area contributed by atoms with E-state index >= 15 is 0 Å². The first-order valence-corrected chi connectivity index (χ1v) is 10.9. The largest absolute Gasteiger partial charge is 0.507 e.